The molecule has 6 nitrogen and oxygen atoms in total. The molecular formula is C14H25N3O3. The summed E-state index contributed by atoms with van der Waals surface area (Å²) in [5.74, 6) is -0.983. The van der Waals surface area contributed by atoms with E-state index in [1.54, 1.807) is 25.8 Å². The molecule has 114 valence electrons. The molecule has 0 spiro atoms. The average molecular weight is 283 g/mol. The smallest absolute Gasteiger partial charge is 0.329 e. The Hall–Kier alpha value is -1.30. The predicted molar refractivity (Wildman–Crippen MR) is 75.7 cm³/mol. The molecule has 2 aliphatic rings. The summed E-state index contributed by atoms with van der Waals surface area (Å²) in [4.78, 5) is 29.2. The van der Waals surface area contributed by atoms with Gasteiger partial charge in [0.15, 0.2) is 0 Å². The van der Waals surface area contributed by atoms with Crippen molar-refractivity contribution in [3.8, 4) is 0 Å². The number of likely N-dealkylation sites (N-methyl/N-ethyl adjacent to an activating group) is 1. The third kappa shape index (κ3) is 2.75. The quantitative estimate of drug-likeness (QED) is 0.841. The highest BCUT2D eigenvalue weighted by atomic mass is 16.4. The van der Waals surface area contributed by atoms with Crippen LogP contribution in [0.15, 0.2) is 0 Å². The molecule has 6 heteroatoms. The summed E-state index contributed by atoms with van der Waals surface area (Å²) in [6.45, 7) is 6.81. The highest BCUT2D eigenvalue weighted by Crippen LogP contribution is 2.23. The largest absolute Gasteiger partial charge is 0.480 e. The van der Waals surface area contributed by atoms with E-state index in [4.69, 9.17) is 0 Å². The van der Waals surface area contributed by atoms with Crippen LogP contribution < -0.4 is 0 Å². The number of hydrogen-bond acceptors (Lipinski definition) is 3. The molecule has 2 amide bonds. The van der Waals surface area contributed by atoms with Crippen molar-refractivity contribution in [2.24, 2.45) is 0 Å². The molecule has 1 N–H and O–H groups in total. The van der Waals surface area contributed by atoms with Gasteiger partial charge in [0.25, 0.3) is 0 Å². The van der Waals surface area contributed by atoms with E-state index in [-0.39, 0.29) is 6.03 Å². The first-order valence-corrected chi connectivity index (χ1v) is 7.34. The Balaban J connectivity index is 1.95. The molecule has 2 rings (SSSR count). The van der Waals surface area contributed by atoms with Crippen LogP contribution in [0.4, 0.5) is 4.79 Å². The molecule has 20 heavy (non-hydrogen) atoms. The van der Waals surface area contributed by atoms with Gasteiger partial charge >= 0.3 is 12.0 Å². The normalized spacial score (nSPS) is 24.1. The minimum Gasteiger partial charge on any atom is -0.480 e. The molecule has 2 fully saturated rings. The summed E-state index contributed by atoms with van der Waals surface area (Å²) in [6.07, 6.45) is 3.49. The number of likely N-dealkylation sites (tertiary alicyclic amines) is 2. The van der Waals surface area contributed by atoms with E-state index in [1.165, 1.54) is 17.7 Å². The lowest BCUT2D eigenvalue weighted by molar-refractivity contribution is -0.147. The number of carbonyl (C=O) groups excluding carboxylic acids is 1. The van der Waals surface area contributed by atoms with Crippen molar-refractivity contribution in [1.82, 2.24) is 14.7 Å². The molecule has 0 saturated carbocycles. The number of aliphatic carboxylic acids is 1. The fourth-order valence-corrected chi connectivity index (χ4v) is 2.92. The molecule has 2 aliphatic heterocycles. The van der Waals surface area contributed by atoms with Crippen molar-refractivity contribution in [2.45, 2.75) is 44.7 Å². The molecular weight excluding hydrogens is 258 g/mol. The second-order valence-corrected chi connectivity index (χ2v) is 6.34. The molecule has 1 unspecified atom stereocenters. The highest BCUT2D eigenvalue weighted by Gasteiger charge is 2.39. The highest BCUT2D eigenvalue weighted by molar-refractivity contribution is 5.85. The minimum atomic E-state index is -1.18. The fourth-order valence-electron chi connectivity index (χ4n) is 2.92. The van der Waals surface area contributed by atoms with Gasteiger partial charge in [0.05, 0.1) is 0 Å². The van der Waals surface area contributed by atoms with Crippen molar-refractivity contribution in [3.05, 3.63) is 0 Å². The number of urea groups is 1. The summed E-state index contributed by atoms with van der Waals surface area (Å²) in [7, 11) is 1.57. The maximum Gasteiger partial charge on any atom is 0.329 e. The van der Waals surface area contributed by atoms with Crippen LogP contribution in [0, 0.1) is 0 Å². The Labute approximate surface area is 120 Å². The van der Waals surface area contributed by atoms with Crippen LogP contribution in [0.25, 0.3) is 0 Å². The molecule has 0 aromatic carbocycles. The molecule has 0 aliphatic carbocycles. The molecule has 1 atom stereocenters. The summed E-state index contributed by atoms with van der Waals surface area (Å²) in [5, 5.41) is 9.21. The number of carboxylic acids is 1. The van der Waals surface area contributed by atoms with Crippen LogP contribution in [-0.2, 0) is 4.79 Å². The van der Waals surface area contributed by atoms with E-state index >= 15 is 0 Å². The predicted octanol–water partition coefficient (Wildman–Crippen LogP) is 1.07. The topological polar surface area (TPSA) is 64.1 Å². The second kappa shape index (κ2) is 5.60. The van der Waals surface area contributed by atoms with Gasteiger partial charge in [0.1, 0.15) is 5.54 Å². The Morgan fingerprint density at radius 2 is 1.80 bits per heavy atom. The first-order valence-electron chi connectivity index (χ1n) is 7.34. The number of amides is 2. The maximum atomic E-state index is 12.4. The third-order valence-electron chi connectivity index (χ3n) is 4.74. The van der Waals surface area contributed by atoms with Crippen LogP contribution in [0.3, 0.4) is 0 Å². The van der Waals surface area contributed by atoms with E-state index in [0.29, 0.717) is 6.04 Å². The molecule has 2 saturated heterocycles. The monoisotopic (exact) mass is 283 g/mol. The van der Waals surface area contributed by atoms with Crippen molar-refractivity contribution >= 4 is 12.0 Å². The van der Waals surface area contributed by atoms with Crippen LogP contribution >= 0.6 is 0 Å². The zero-order valence-electron chi connectivity index (χ0n) is 12.6. The molecule has 2 heterocycles. The van der Waals surface area contributed by atoms with Gasteiger partial charge in [0.2, 0.25) is 0 Å². The minimum absolute atomic E-state index is 0.181. The Morgan fingerprint density at radius 1 is 1.20 bits per heavy atom. The lowest BCUT2D eigenvalue weighted by atomic mass is 10.0. The van der Waals surface area contributed by atoms with E-state index in [9.17, 15) is 14.7 Å². The van der Waals surface area contributed by atoms with Crippen LogP contribution in [0.1, 0.15) is 33.1 Å². The van der Waals surface area contributed by atoms with Gasteiger partial charge < -0.3 is 14.9 Å². The lowest BCUT2D eigenvalue weighted by Crippen LogP contribution is -2.55. The zero-order chi connectivity index (χ0) is 14.9. The Bertz CT molecular complexity index is 391. The van der Waals surface area contributed by atoms with Gasteiger partial charge in [-0.05, 0) is 46.2 Å². The third-order valence-corrected chi connectivity index (χ3v) is 4.74. The van der Waals surface area contributed by atoms with Gasteiger partial charge in [-0.2, -0.15) is 0 Å². The average Bonchev–Trinajstić information content (AvgIpc) is 3.06. The van der Waals surface area contributed by atoms with Crippen LogP contribution in [0.2, 0.25) is 0 Å². The van der Waals surface area contributed by atoms with Gasteiger partial charge in [-0.1, -0.05) is 0 Å². The lowest BCUT2D eigenvalue weighted by Gasteiger charge is -2.35. The van der Waals surface area contributed by atoms with Crippen molar-refractivity contribution in [1.29, 1.82) is 0 Å². The van der Waals surface area contributed by atoms with Crippen molar-refractivity contribution in [3.63, 3.8) is 0 Å². The first-order chi connectivity index (χ1) is 9.34. The van der Waals surface area contributed by atoms with Gasteiger partial charge in [-0.3, -0.25) is 4.90 Å². The molecule has 0 aromatic heterocycles. The van der Waals surface area contributed by atoms with Crippen molar-refractivity contribution < 1.29 is 14.7 Å². The summed E-state index contributed by atoms with van der Waals surface area (Å²) < 4.78 is 0. The van der Waals surface area contributed by atoms with E-state index in [2.05, 4.69) is 4.90 Å². The number of nitrogens with zero attached hydrogens (tertiary/aromatic N) is 3. The summed E-state index contributed by atoms with van der Waals surface area (Å²) >= 11 is 0. The number of rotatable bonds is 3. The fraction of sp³-hybridized carbons (Fsp3) is 0.857. The van der Waals surface area contributed by atoms with E-state index < -0.39 is 11.5 Å². The Morgan fingerprint density at radius 3 is 2.35 bits per heavy atom. The van der Waals surface area contributed by atoms with Crippen LogP contribution in [0.5, 0.6) is 0 Å². The second-order valence-electron chi connectivity index (χ2n) is 6.34. The zero-order valence-corrected chi connectivity index (χ0v) is 12.6. The first kappa shape index (κ1) is 15.1. The van der Waals surface area contributed by atoms with E-state index in [1.807, 2.05) is 0 Å². The number of hydrogen-bond donors (Lipinski definition) is 1. The Kier molecular flexibility index (Phi) is 4.22. The maximum absolute atomic E-state index is 12.4. The van der Waals surface area contributed by atoms with E-state index in [0.717, 1.165) is 32.6 Å². The number of carboxylic acid groups (broad SMARTS) is 1. The van der Waals surface area contributed by atoms with Gasteiger partial charge in [0, 0.05) is 26.2 Å². The van der Waals surface area contributed by atoms with Gasteiger partial charge in [-0.25, -0.2) is 9.59 Å². The van der Waals surface area contributed by atoms with Crippen molar-refractivity contribution in [2.75, 3.05) is 33.2 Å². The molecule has 0 radical (unpaired) electrons. The standard InChI is InChI=1S/C14H25N3O3/c1-14(2,12(18)19)15(3)13(20)17-9-6-11(10-17)16-7-4-5-8-16/h11H,4-10H2,1-3H3,(H,18,19). The SMILES string of the molecule is CN(C(=O)N1CCC(N2CCCC2)C1)C(C)(C)C(=O)O. The number of carbonyl (C=O) groups is 2. The summed E-state index contributed by atoms with van der Waals surface area (Å²) in [6, 6.07) is 0.266. The molecule has 0 bridgehead atoms. The van der Waals surface area contributed by atoms with Gasteiger partial charge in [-0.15, -0.1) is 0 Å². The summed E-state index contributed by atoms with van der Waals surface area (Å²) in [5.41, 5.74) is -1.18. The molecule has 0 aromatic rings. The van der Waals surface area contributed by atoms with Crippen LogP contribution in [-0.4, -0.2) is 76.6 Å².